The van der Waals surface area contributed by atoms with Crippen molar-refractivity contribution in [1.29, 1.82) is 0 Å². The van der Waals surface area contributed by atoms with Gasteiger partial charge in [0.25, 0.3) is 0 Å². The number of hydrogen-bond donors (Lipinski definition) is 2. The fourth-order valence-electron chi connectivity index (χ4n) is 3.42. The van der Waals surface area contributed by atoms with Crippen LogP contribution in [0.3, 0.4) is 0 Å². The normalized spacial score (nSPS) is 12.2. The largest absolute Gasteiger partial charge is 0.494 e. The second-order valence-electron chi connectivity index (χ2n) is 7.10. The number of nitrogens with one attached hydrogen (secondary N) is 1. The molecule has 0 aliphatic heterocycles. The summed E-state index contributed by atoms with van der Waals surface area (Å²) in [7, 11) is 1.06. The molecule has 1 heterocycles. The molecule has 0 saturated carbocycles. The third-order valence-corrected chi connectivity index (χ3v) is 5.00. The zero-order valence-electron chi connectivity index (χ0n) is 16.9. The first-order valence-corrected chi connectivity index (χ1v) is 9.65. The van der Waals surface area contributed by atoms with Crippen molar-refractivity contribution < 1.29 is 23.1 Å². The number of halogens is 3. The van der Waals surface area contributed by atoms with E-state index in [2.05, 4.69) is 9.98 Å². The number of hydrogen-bond acceptors (Lipinski definition) is 3. The molecule has 8 heteroatoms. The molecule has 2 N–H and O–H groups in total. The van der Waals surface area contributed by atoms with Crippen molar-refractivity contribution in [3.05, 3.63) is 90.0 Å². The molecule has 0 atom stereocenters. The van der Waals surface area contributed by atoms with Crippen molar-refractivity contribution in [2.45, 2.75) is 6.18 Å². The number of alkyl halides is 3. The van der Waals surface area contributed by atoms with E-state index in [1.807, 2.05) is 54.6 Å². The van der Waals surface area contributed by atoms with Gasteiger partial charge in [0.2, 0.25) is 0 Å². The van der Waals surface area contributed by atoms with Crippen molar-refractivity contribution in [3.63, 3.8) is 0 Å². The SMILES string of the molecule is CN(C(=O)C(F)(F)F)c1ccc(N=C(c2ccccc2)c2c(O)[nH]c3ccccc23)cc1. The number of rotatable bonds is 4. The van der Waals surface area contributed by atoms with E-state index in [1.165, 1.54) is 24.3 Å². The van der Waals surface area contributed by atoms with Gasteiger partial charge in [0, 0.05) is 29.2 Å². The molecule has 0 bridgehead atoms. The van der Waals surface area contributed by atoms with Crippen LogP contribution in [0.25, 0.3) is 10.9 Å². The molecule has 0 aliphatic rings. The minimum atomic E-state index is -4.96. The summed E-state index contributed by atoms with van der Waals surface area (Å²) >= 11 is 0. The summed E-state index contributed by atoms with van der Waals surface area (Å²) in [6, 6.07) is 22.5. The van der Waals surface area contributed by atoms with Crippen LogP contribution >= 0.6 is 0 Å². The third-order valence-electron chi connectivity index (χ3n) is 5.00. The standard InChI is InChI=1S/C24H18F3N3O2/c1-30(23(32)24(25,26)27)17-13-11-16(12-14-17)28-21(15-7-3-2-4-8-15)20-18-9-5-6-10-19(18)29-22(20)31/h2-14,29,31H,1H3. The lowest BCUT2D eigenvalue weighted by molar-refractivity contribution is -0.170. The lowest BCUT2D eigenvalue weighted by Crippen LogP contribution is -2.38. The van der Waals surface area contributed by atoms with Gasteiger partial charge in [-0.2, -0.15) is 13.2 Å². The number of benzene rings is 3. The second-order valence-corrected chi connectivity index (χ2v) is 7.10. The first-order chi connectivity index (χ1) is 15.3. The average molecular weight is 437 g/mol. The number of aromatic hydroxyl groups is 1. The van der Waals surface area contributed by atoms with E-state index in [0.29, 0.717) is 21.9 Å². The molecule has 32 heavy (non-hydrogen) atoms. The van der Waals surface area contributed by atoms with Gasteiger partial charge in [-0.1, -0.05) is 48.5 Å². The van der Waals surface area contributed by atoms with Crippen molar-refractivity contribution in [3.8, 4) is 5.88 Å². The van der Waals surface area contributed by atoms with Crippen LogP contribution in [0.4, 0.5) is 24.5 Å². The number of aromatic nitrogens is 1. The molecule has 4 rings (SSSR count). The van der Waals surface area contributed by atoms with Crippen molar-refractivity contribution in [2.75, 3.05) is 11.9 Å². The Hall–Kier alpha value is -4.07. The lowest BCUT2D eigenvalue weighted by atomic mass is 10.0. The number of carbonyl (C=O) groups excluding carboxylic acids is 1. The number of aliphatic imine (C=N–C) groups is 1. The zero-order valence-corrected chi connectivity index (χ0v) is 16.9. The van der Waals surface area contributed by atoms with E-state index >= 15 is 0 Å². The number of carbonyl (C=O) groups is 1. The minimum absolute atomic E-state index is 0.0408. The Balaban J connectivity index is 1.79. The monoisotopic (exact) mass is 437 g/mol. The molecule has 0 saturated heterocycles. The van der Waals surface area contributed by atoms with Crippen molar-refractivity contribution in [2.24, 2.45) is 4.99 Å². The van der Waals surface area contributed by atoms with Crippen LogP contribution in [0.2, 0.25) is 0 Å². The molecular formula is C24H18F3N3O2. The summed E-state index contributed by atoms with van der Waals surface area (Å²) in [4.78, 5) is 19.6. The highest BCUT2D eigenvalue weighted by molar-refractivity contribution is 6.21. The van der Waals surface area contributed by atoms with E-state index in [9.17, 15) is 23.1 Å². The predicted octanol–water partition coefficient (Wildman–Crippen LogP) is 5.57. The maximum atomic E-state index is 12.7. The van der Waals surface area contributed by atoms with Gasteiger partial charge in [0.05, 0.1) is 17.0 Å². The number of aromatic amines is 1. The molecule has 0 spiro atoms. The predicted molar refractivity (Wildman–Crippen MR) is 118 cm³/mol. The third kappa shape index (κ3) is 4.07. The van der Waals surface area contributed by atoms with Crippen LogP contribution in [0, 0.1) is 0 Å². The van der Waals surface area contributed by atoms with Gasteiger partial charge >= 0.3 is 12.1 Å². The fraction of sp³-hybridized carbons (Fsp3) is 0.0833. The van der Waals surface area contributed by atoms with E-state index in [0.717, 1.165) is 23.5 Å². The van der Waals surface area contributed by atoms with Crippen LogP contribution in [-0.2, 0) is 4.79 Å². The van der Waals surface area contributed by atoms with E-state index < -0.39 is 12.1 Å². The Morgan fingerprint density at radius 2 is 1.56 bits per heavy atom. The molecule has 3 aromatic carbocycles. The van der Waals surface area contributed by atoms with Gasteiger partial charge in [-0.3, -0.25) is 4.79 Å². The van der Waals surface area contributed by atoms with Gasteiger partial charge in [-0.05, 0) is 30.3 Å². The Labute approximate surface area is 181 Å². The van der Waals surface area contributed by atoms with E-state index in [-0.39, 0.29) is 11.6 Å². The summed E-state index contributed by atoms with van der Waals surface area (Å²) < 4.78 is 38.1. The summed E-state index contributed by atoms with van der Waals surface area (Å²) in [6.45, 7) is 0. The first kappa shape index (κ1) is 21.2. The van der Waals surface area contributed by atoms with Gasteiger partial charge in [-0.15, -0.1) is 0 Å². The highest BCUT2D eigenvalue weighted by Crippen LogP contribution is 2.32. The number of amides is 1. The molecule has 1 aromatic heterocycles. The maximum Gasteiger partial charge on any atom is 0.471 e. The van der Waals surface area contributed by atoms with Crippen LogP contribution in [0.15, 0.2) is 83.9 Å². The summed E-state index contributed by atoms with van der Waals surface area (Å²) in [6.07, 6.45) is -4.96. The molecule has 0 aliphatic carbocycles. The van der Waals surface area contributed by atoms with Crippen molar-refractivity contribution >= 4 is 33.9 Å². The number of para-hydroxylation sites is 1. The molecule has 1 amide bonds. The molecule has 162 valence electrons. The average Bonchev–Trinajstić information content (AvgIpc) is 3.12. The Morgan fingerprint density at radius 3 is 2.22 bits per heavy atom. The number of anilines is 1. The summed E-state index contributed by atoms with van der Waals surface area (Å²) in [5.41, 5.74) is 3.04. The maximum absolute atomic E-state index is 12.7. The van der Waals surface area contributed by atoms with Gasteiger partial charge in [-0.25, -0.2) is 4.99 Å². The van der Waals surface area contributed by atoms with Gasteiger partial charge in [0.1, 0.15) is 0 Å². The zero-order chi connectivity index (χ0) is 22.9. The number of H-pyrrole nitrogens is 1. The summed E-state index contributed by atoms with van der Waals surface area (Å²) in [5, 5.41) is 11.4. The number of fused-ring (bicyclic) bond motifs is 1. The highest BCUT2D eigenvalue weighted by Gasteiger charge is 2.41. The van der Waals surface area contributed by atoms with Crippen LogP contribution in [0.5, 0.6) is 5.88 Å². The molecular weight excluding hydrogens is 419 g/mol. The van der Waals surface area contributed by atoms with E-state index in [1.54, 1.807) is 0 Å². The molecule has 0 radical (unpaired) electrons. The van der Waals surface area contributed by atoms with E-state index in [4.69, 9.17) is 0 Å². The van der Waals surface area contributed by atoms with Crippen molar-refractivity contribution in [1.82, 2.24) is 4.98 Å². The topological polar surface area (TPSA) is 68.7 Å². The minimum Gasteiger partial charge on any atom is -0.494 e. The smallest absolute Gasteiger partial charge is 0.471 e. The van der Waals surface area contributed by atoms with Crippen LogP contribution < -0.4 is 4.90 Å². The molecule has 5 nitrogen and oxygen atoms in total. The first-order valence-electron chi connectivity index (χ1n) is 9.65. The Morgan fingerprint density at radius 1 is 0.938 bits per heavy atom. The second kappa shape index (κ2) is 8.22. The van der Waals surface area contributed by atoms with Gasteiger partial charge < -0.3 is 15.0 Å². The Bertz CT molecular complexity index is 1290. The Kier molecular flexibility index (Phi) is 5.44. The van der Waals surface area contributed by atoms with Gasteiger partial charge in [0.15, 0.2) is 5.88 Å². The highest BCUT2D eigenvalue weighted by atomic mass is 19.4. The molecule has 0 unspecified atom stereocenters. The molecule has 0 fully saturated rings. The van der Waals surface area contributed by atoms with Crippen LogP contribution in [0.1, 0.15) is 11.1 Å². The van der Waals surface area contributed by atoms with Crippen LogP contribution in [-0.4, -0.2) is 34.9 Å². The summed E-state index contributed by atoms with van der Waals surface area (Å²) in [5.74, 6) is -2.00. The fourth-order valence-corrected chi connectivity index (χ4v) is 3.42. The lowest BCUT2D eigenvalue weighted by Gasteiger charge is -2.18. The molecule has 4 aromatic rings. The number of nitrogens with zero attached hydrogens (tertiary/aromatic N) is 2. The quantitative estimate of drug-likeness (QED) is 0.410.